The topological polar surface area (TPSA) is 111 Å². The lowest BCUT2D eigenvalue weighted by molar-refractivity contribution is -0.149. The first kappa shape index (κ1) is 25.7. The fourth-order valence-corrected chi connectivity index (χ4v) is 7.01. The van der Waals surface area contributed by atoms with Crippen LogP contribution in [0.5, 0.6) is 0 Å². The first-order chi connectivity index (χ1) is 16.7. The summed E-state index contributed by atoms with van der Waals surface area (Å²) in [4.78, 5) is 44.5. The second-order valence-electron chi connectivity index (χ2n) is 9.18. The molecular weight excluding hydrogens is 518 g/mol. The minimum Gasteiger partial charge on any atom is -0.481 e. The van der Waals surface area contributed by atoms with E-state index in [4.69, 9.17) is 4.74 Å². The molecule has 10 heteroatoms. The highest BCUT2D eigenvalue weighted by Gasteiger charge is 2.76. The average Bonchev–Trinajstić information content (AvgIpc) is 3.42. The van der Waals surface area contributed by atoms with Gasteiger partial charge in [-0.05, 0) is 44.5 Å². The summed E-state index contributed by atoms with van der Waals surface area (Å²) >= 11 is 3.53. The molecule has 1 spiro atoms. The van der Waals surface area contributed by atoms with Gasteiger partial charge in [0.15, 0.2) is 0 Å². The van der Waals surface area contributed by atoms with Crippen molar-refractivity contribution < 1.29 is 29.3 Å². The number of aliphatic carboxylic acids is 1. The van der Waals surface area contributed by atoms with E-state index in [0.29, 0.717) is 12.1 Å². The molecular formula is C25H32BrN3O6. The van der Waals surface area contributed by atoms with Gasteiger partial charge in [0.1, 0.15) is 11.6 Å². The highest BCUT2D eigenvalue weighted by molar-refractivity contribution is 9.09. The van der Waals surface area contributed by atoms with Crippen LogP contribution in [0.1, 0.15) is 20.3 Å². The number of amides is 2. The van der Waals surface area contributed by atoms with Gasteiger partial charge in [0.25, 0.3) is 5.91 Å². The van der Waals surface area contributed by atoms with Crippen molar-refractivity contribution >= 4 is 45.1 Å². The second-order valence-corrected chi connectivity index (χ2v) is 10.4. The fraction of sp³-hybridized carbons (Fsp3) is 0.560. The van der Waals surface area contributed by atoms with E-state index in [0.717, 1.165) is 18.8 Å². The zero-order valence-corrected chi connectivity index (χ0v) is 21.6. The lowest BCUT2D eigenvalue weighted by Crippen LogP contribution is -2.57. The maximum atomic E-state index is 14.2. The van der Waals surface area contributed by atoms with Gasteiger partial charge in [-0.2, -0.15) is 0 Å². The average molecular weight is 550 g/mol. The third-order valence-corrected chi connectivity index (χ3v) is 8.36. The number of hydrogen-bond donors (Lipinski definition) is 2. The summed E-state index contributed by atoms with van der Waals surface area (Å²) < 4.78 is 6.24. The molecule has 3 heterocycles. The third-order valence-electron chi connectivity index (χ3n) is 7.52. The Morgan fingerprint density at radius 1 is 1.26 bits per heavy atom. The van der Waals surface area contributed by atoms with Crippen LogP contribution in [0.15, 0.2) is 36.9 Å². The molecule has 1 aromatic carbocycles. The molecule has 6 atom stereocenters. The zero-order valence-electron chi connectivity index (χ0n) is 20.0. The van der Waals surface area contributed by atoms with E-state index in [1.807, 2.05) is 24.3 Å². The Kier molecular flexibility index (Phi) is 7.26. The number of rotatable bonds is 10. The molecule has 4 rings (SSSR count). The SMILES string of the molecule is C=CCN(C(=O)[C@H]1N(CCO)C(=O)[C@@H]2[C@@H](C(=O)O)[C@@H]3O[C@@]21CC3Br)c1ccc(N(CC)CC)cc1. The maximum Gasteiger partial charge on any atom is 0.310 e. The number of alkyl halides is 1. The summed E-state index contributed by atoms with van der Waals surface area (Å²) in [6.07, 6.45) is 1.24. The van der Waals surface area contributed by atoms with Crippen molar-refractivity contribution in [2.24, 2.45) is 11.8 Å². The van der Waals surface area contributed by atoms with E-state index >= 15 is 0 Å². The predicted molar refractivity (Wildman–Crippen MR) is 135 cm³/mol. The lowest BCUT2D eigenvalue weighted by atomic mass is 9.70. The molecule has 0 aliphatic carbocycles. The second kappa shape index (κ2) is 9.91. The number of aliphatic hydroxyl groups is 1. The van der Waals surface area contributed by atoms with Gasteiger partial charge in [-0.1, -0.05) is 22.0 Å². The number of nitrogens with zero attached hydrogens (tertiary/aromatic N) is 3. The standard InChI is InChI=1S/C25H32BrN3O6/c1-4-11-28(16-9-7-15(8-10-16)27(5-2)6-3)23(32)21-25-14-17(26)20(35-25)18(24(33)34)19(25)22(31)29(21)12-13-30/h4,7-10,17-21,30H,1,5-6,11-14H2,2-3H3,(H,33,34)/t17?,18-,19+,20-,21-,25+/m1/s1. The molecule has 0 radical (unpaired) electrons. The number of carboxylic acids is 1. The van der Waals surface area contributed by atoms with Gasteiger partial charge in [0, 0.05) is 42.4 Å². The summed E-state index contributed by atoms with van der Waals surface area (Å²) in [5.74, 6) is -3.99. The van der Waals surface area contributed by atoms with Crippen LogP contribution in [0.2, 0.25) is 0 Å². The van der Waals surface area contributed by atoms with Crippen molar-refractivity contribution in [2.45, 2.75) is 42.8 Å². The van der Waals surface area contributed by atoms with E-state index in [1.165, 1.54) is 4.90 Å². The van der Waals surface area contributed by atoms with Crippen LogP contribution in [-0.4, -0.2) is 88.3 Å². The minimum atomic E-state index is -1.27. The number of β-amino-alcohol motifs (C(OH)–C–C–N with tert-alkyl or cyclic N) is 1. The molecule has 0 aromatic heterocycles. The number of carbonyl (C=O) groups excluding carboxylic acids is 2. The number of benzene rings is 1. The number of anilines is 2. The molecule has 3 fully saturated rings. The number of aliphatic hydroxyl groups excluding tert-OH is 1. The van der Waals surface area contributed by atoms with Gasteiger partial charge >= 0.3 is 5.97 Å². The molecule has 1 unspecified atom stereocenters. The highest BCUT2D eigenvalue weighted by Crippen LogP contribution is 2.60. The van der Waals surface area contributed by atoms with E-state index < -0.39 is 41.5 Å². The first-order valence-corrected chi connectivity index (χ1v) is 12.9. The molecule has 1 aromatic rings. The van der Waals surface area contributed by atoms with Crippen LogP contribution in [0, 0.1) is 11.8 Å². The van der Waals surface area contributed by atoms with Gasteiger partial charge < -0.3 is 29.6 Å². The van der Waals surface area contributed by atoms with E-state index in [9.17, 15) is 24.6 Å². The van der Waals surface area contributed by atoms with Crippen molar-refractivity contribution in [1.29, 1.82) is 0 Å². The van der Waals surface area contributed by atoms with Crippen molar-refractivity contribution in [3.63, 3.8) is 0 Å². The number of halogens is 1. The smallest absolute Gasteiger partial charge is 0.310 e. The number of hydrogen-bond acceptors (Lipinski definition) is 6. The summed E-state index contributed by atoms with van der Waals surface area (Å²) in [5, 5.41) is 19.6. The summed E-state index contributed by atoms with van der Waals surface area (Å²) in [6, 6.07) is 6.56. The lowest BCUT2D eigenvalue weighted by Gasteiger charge is -2.37. The molecule has 3 saturated heterocycles. The molecule has 35 heavy (non-hydrogen) atoms. The maximum absolute atomic E-state index is 14.2. The van der Waals surface area contributed by atoms with Crippen molar-refractivity contribution in [1.82, 2.24) is 4.90 Å². The van der Waals surface area contributed by atoms with Crippen LogP contribution in [0.25, 0.3) is 0 Å². The van der Waals surface area contributed by atoms with Crippen molar-refractivity contribution in [3.05, 3.63) is 36.9 Å². The number of carbonyl (C=O) groups is 3. The zero-order chi connectivity index (χ0) is 25.5. The third kappa shape index (κ3) is 3.95. The molecule has 2 N–H and O–H groups in total. The van der Waals surface area contributed by atoms with E-state index in [1.54, 1.807) is 11.0 Å². The van der Waals surface area contributed by atoms with Crippen LogP contribution >= 0.6 is 15.9 Å². The quantitative estimate of drug-likeness (QED) is 0.338. The largest absolute Gasteiger partial charge is 0.481 e. The summed E-state index contributed by atoms with van der Waals surface area (Å²) in [6.45, 7) is 9.42. The molecule has 3 aliphatic rings. The van der Waals surface area contributed by atoms with Crippen LogP contribution < -0.4 is 9.80 Å². The fourth-order valence-electron chi connectivity index (χ4n) is 6.07. The molecule has 2 bridgehead atoms. The Labute approximate surface area is 213 Å². The summed E-state index contributed by atoms with van der Waals surface area (Å²) in [7, 11) is 0. The van der Waals surface area contributed by atoms with Crippen LogP contribution in [-0.2, 0) is 19.1 Å². The molecule has 9 nitrogen and oxygen atoms in total. The van der Waals surface area contributed by atoms with Gasteiger partial charge in [0.05, 0.1) is 24.5 Å². The van der Waals surface area contributed by atoms with E-state index in [-0.39, 0.29) is 30.4 Å². The Balaban J connectivity index is 1.74. The van der Waals surface area contributed by atoms with Gasteiger partial charge in [-0.15, -0.1) is 6.58 Å². The molecule has 0 saturated carbocycles. The van der Waals surface area contributed by atoms with Gasteiger partial charge in [-0.25, -0.2) is 0 Å². The van der Waals surface area contributed by atoms with Crippen molar-refractivity contribution in [3.8, 4) is 0 Å². The Morgan fingerprint density at radius 3 is 2.43 bits per heavy atom. The van der Waals surface area contributed by atoms with Gasteiger partial charge in [-0.3, -0.25) is 14.4 Å². The molecule has 3 aliphatic heterocycles. The molecule has 190 valence electrons. The number of carboxylic acid groups (broad SMARTS) is 1. The number of fused-ring (bicyclic) bond motifs is 1. The van der Waals surface area contributed by atoms with Crippen molar-refractivity contribution in [2.75, 3.05) is 42.6 Å². The minimum absolute atomic E-state index is 0.0797. The number of likely N-dealkylation sites (tertiary alicyclic amines) is 1. The highest BCUT2D eigenvalue weighted by atomic mass is 79.9. The van der Waals surface area contributed by atoms with Gasteiger partial charge in [0.2, 0.25) is 5.91 Å². The first-order valence-electron chi connectivity index (χ1n) is 12.0. The van der Waals surface area contributed by atoms with Crippen LogP contribution in [0.3, 0.4) is 0 Å². The monoisotopic (exact) mass is 549 g/mol. The predicted octanol–water partition coefficient (Wildman–Crippen LogP) is 1.88. The summed E-state index contributed by atoms with van der Waals surface area (Å²) in [5.41, 5.74) is 0.400. The van der Waals surface area contributed by atoms with Crippen LogP contribution in [0.4, 0.5) is 11.4 Å². The number of ether oxygens (including phenoxy) is 1. The van der Waals surface area contributed by atoms with E-state index in [2.05, 4.69) is 41.3 Å². The normalized spacial score (nSPS) is 30.9. The Morgan fingerprint density at radius 2 is 1.89 bits per heavy atom. The Hall–Kier alpha value is -2.43. The molecule has 2 amide bonds. The Bertz CT molecular complexity index is 999.